The van der Waals surface area contributed by atoms with E-state index >= 15 is 0 Å². The second-order valence-electron chi connectivity index (χ2n) is 6.38. The van der Waals surface area contributed by atoms with Crippen molar-refractivity contribution >= 4 is 17.8 Å². The lowest BCUT2D eigenvalue weighted by molar-refractivity contribution is -0.145. The molecule has 0 radical (unpaired) electrons. The molecular formula is C19H26N2O4. The van der Waals surface area contributed by atoms with Crippen molar-refractivity contribution in [2.75, 3.05) is 13.7 Å². The molecule has 0 aromatic heterocycles. The molecule has 0 saturated heterocycles. The summed E-state index contributed by atoms with van der Waals surface area (Å²) in [6.07, 6.45) is 1.33. The predicted molar refractivity (Wildman–Crippen MR) is 93.6 cm³/mol. The van der Waals surface area contributed by atoms with Gasteiger partial charge in [0.25, 0.3) is 0 Å². The number of amides is 2. The fourth-order valence-electron chi connectivity index (χ4n) is 2.95. The molecule has 2 amide bonds. The molecular weight excluding hydrogens is 320 g/mol. The third kappa shape index (κ3) is 4.59. The van der Waals surface area contributed by atoms with E-state index in [-0.39, 0.29) is 36.7 Å². The van der Waals surface area contributed by atoms with E-state index in [1.807, 2.05) is 38.1 Å². The number of fused-ring (bicyclic) bond motifs is 1. The number of nitrogens with zero attached hydrogens (tertiary/aromatic N) is 1. The third-order valence-electron chi connectivity index (χ3n) is 4.72. The molecule has 136 valence electrons. The lowest BCUT2D eigenvalue weighted by Crippen LogP contribution is -2.54. The van der Waals surface area contributed by atoms with Crippen LogP contribution in [0.15, 0.2) is 24.3 Å². The van der Waals surface area contributed by atoms with E-state index in [0.717, 1.165) is 17.5 Å². The Bertz CT molecular complexity index is 644. The van der Waals surface area contributed by atoms with Crippen LogP contribution in [-0.2, 0) is 32.1 Å². The van der Waals surface area contributed by atoms with Gasteiger partial charge in [0.2, 0.25) is 11.8 Å². The molecule has 1 aliphatic rings. The summed E-state index contributed by atoms with van der Waals surface area (Å²) in [5.41, 5.74) is 2.17. The molecule has 6 heteroatoms. The standard InChI is InChI=1S/C19H26N2O4/c1-4-13(2)19(24)21-12-15-8-6-5-7-14(15)11-16(21)18(23)20-10-9-17(22)25-3/h5-8,13,16H,4,9-12H2,1-3H3,(H,20,23). The number of hydrogen-bond acceptors (Lipinski definition) is 4. The van der Waals surface area contributed by atoms with Crippen molar-refractivity contribution in [1.29, 1.82) is 0 Å². The summed E-state index contributed by atoms with van der Waals surface area (Å²) in [6.45, 7) is 4.49. The number of carbonyl (C=O) groups excluding carboxylic acids is 3. The van der Waals surface area contributed by atoms with Gasteiger partial charge in [0.1, 0.15) is 6.04 Å². The molecule has 0 saturated carbocycles. The molecule has 6 nitrogen and oxygen atoms in total. The first kappa shape index (κ1) is 19.0. The SMILES string of the molecule is CCC(C)C(=O)N1Cc2ccccc2CC1C(=O)NCCC(=O)OC. The first-order chi connectivity index (χ1) is 12.0. The third-order valence-corrected chi connectivity index (χ3v) is 4.72. The molecule has 25 heavy (non-hydrogen) atoms. The van der Waals surface area contributed by atoms with E-state index in [1.54, 1.807) is 4.90 Å². The average Bonchev–Trinajstić information content (AvgIpc) is 2.65. The Kier molecular flexibility index (Phi) is 6.56. The van der Waals surface area contributed by atoms with Gasteiger partial charge in [0.05, 0.1) is 13.5 Å². The van der Waals surface area contributed by atoms with Gasteiger partial charge >= 0.3 is 5.97 Å². The van der Waals surface area contributed by atoms with Crippen LogP contribution < -0.4 is 5.32 Å². The first-order valence-corrected chi connectivity index (χ1v) is 8.69. The van der Waals surface area contributed by atoms with Gasteiger partial charge in [-0.05, 0) is 17.5 Å². The summed E-state index contributed by atoms with van der Waals surface area (Å²) in [5, 5.41) is 2.76. The minimum Gasteiger partial charge on any atom is -0.469 e. The van der Waals surface area contributed by atoms with Gasteiger partial charge in [-0.15, -0.1) is 0 Å². The van der Waals surface area contributed by atoms with Gasteiger partial charge in [0.15, 0.2) is 0 Å². The summed E-state index contributed by atoms with van der Waals surface area (Å²) < 4.78 is 4.57. The largest absolute Gasteiger partial charge is 0.469 e. The van der Waals surface area contributed by atoms with Crippen LogP contribution in [0.5, 0.6) is 0 Å². The number of hydrogen-bond donors (Lipinski definition) is 1. The number of carbonyl (C=O) groups is 3. The highest BCUT2D eigenvalue weighted by molar-refractivity contribution is 5.89. The molecule has 1 aromatic carbocycles. The lowest BCUT2D eigenvalue weighted by Gasteiger charge is -2.37. The van der Waals surface area contributed by atoms with Crippen molar-refractivity contribution in [3.8, 4) is 0 Å². The van der Waals surface area contributed by atoms with Crippen LogP contribution >= 0.6 is 0 Å². The summed E-state index contributed by atoms with van der Waals surface area (Å²) in [6, 6.07) is 7.33. The van der Waals surface area contributed by atoms with E-state index in [2.05, 4.69) is 10.1 Å². The van der Waals surface area contributed by atoms with Crippen molar-refractivity contribution in [2.45, 2.75) is 45.7 Å². The monoisotopic (exact) mass is 346 g/mol. The van der Waals surface area contributed by atoms with Gasteiger partial charge in [-0.25, -0.2) is 0 Å². The molecule has 1 heterocycles. The Hall–Kier alpha value is -2.37. The van der Waals surface area contributed by atoms with Crippen LogP contribution in [0.3, 0.4) is 0 Å². The van der Waals surface area contributed by atoms with E-state index in [0.29, 0.717) is 13.0 Å². The summed E-state index contributed by atoms with van der Waals surface area (Å²) in [5.74, 6) is -0.738. The zero-order chi connectivity index (χ0) is 18.4. The highest BCUT2D eigenvalue weighted by atomic mass is 16.5. The molecule has 0 aliphatic carbocycles. The van der Waals surface area contributed by atoms with Gasteiger partial charge in [-0.1, -0.05) is 38.1 Å². The predicted octanol–water partition coefficient (Wildman–Crippen LogP) is 1.67. The number of ether oxygens (including phenoxy) is 1. The van der Waals surface area contributed by atoms with Gasteiger partial charge in [-0.3, -0.25) is 14.4 Å². The second-order valence-corrected chi connectivity index (χ2v) is 6.38. The van der Waals surface area contributed by atoms with E-state index in [1.165, 1.54) is 7.11 Å². The molecule has 0 bridgehead atoms. The average molecular weight is 346 g/mol. The molecule has 0 fully saturated rings. The van der Waals surface area contributed by atoms with Crippen molar-refractivity contribution in [3.63, 3.8) is 0 Å². The maximum atomic E-state index is 12.8. The van der Waals surface area contributed by atoms with Crippen LogP contribution in [0, 0.1) is 5.92 Å². The number of benzene rings is 1. The molecule has 2 atom stereocenters. The normalized spacial score (nSPS) is 17.4. The number of methoxy groups -OCH3 is 1. The quantitative estimate of drug-likeness (QED) is 0.795. The Morgan fingerprint density at radius 1 is 1.28 bits per heavy atom. The van der Waals surface area contributed by atoms with E-state index in [9.17, 15) is 14.4 Å². The minimum absolute atomic E-state index is 0.00915. The Labute approximate surface area is 148 Å². The smallest absolute Gasteiger partial charge is 0.307 e. The minimum atomic E-state index is -0.547. The number of nitrogens with one attached hydrogen (secondary N) is 1. The second kappa shape index (κ2) is 8.65. The van der Waals surface area contributed by atoms with Gasteiger partial charge in [0, 0.05) is 25.4 Å². The number of rotatable bonds is 6. The zero-order valence-corrected chi connectivity index (χ0v) is 15.1. The fourth-order valence-corrected chi connectivity index (χ4v) is 2.95. The van der Waals surface area contributed by atoms with Crippen molar-refractivity contribution < 1.29 is 19.1 Å². The Morgan fingerprint density at radius 3 is 2.60 bits per heavy atom. The van der Waals surface area contributed by atoms with Crippen molar-refractivity contribution in [1.82, 2.24) is 10.2 Å². The summed E-state index contributed by atoms with van der Waals surface area (Å²) in [4.78, 5) is 38.3. The Balaban J connectivity index is 2.14. The fraction of sp³-hybridized carbons (Fsp3) is 0.526. The van der Waals surface area contributed by atoms with Crippen LogP contribution in [0.1, 0.15) is 37.8 Å². The lowest BCUT2D eigenvalue weighted by atomic mass is 9.92. The maximum Gasteiger partial charge on any atom is 0.307 e. The van der Waals surface area contributed by atoms with Crippen LogP contribution in [-0.4, -0.2) is 42.4 Å². The van der Waals surface area contributed by atoms with Gasteiger partial charge in [-0.2, -0.15) is 0 Å². The summed E-state index contributed by atoms with van der Waals surface area (Å²) >= 11 is 0. The Morgan fingerprint density at radius 2 is 1.96 bits per heavy atom. The van der Waals surface area contributed by atoms with Crippen molar-refractivity contribution in [3.05, 3.63) is 35.4 Å². The molecule has 2 rings (SSSR count). The van der Waals surface area contributed by atoms with Gasteiger partial charge < -0.3 is 15.0 Å². The van der Waals surface area contributed by atoms with Crippen LogP contribution in [0.25, 0.3) is 0 Å². The molecule has 2 unspecified atom stereocenters. The highest BCUT2D eigenvalue weighted by Gasteiger charge is 2.35. The van der Waals surface area contributed by atoms with Crippen LogP contribution in [0.4, 0.5) is 0 Å². The van der Waals surface area contributed by atoms with E-state index < -0.39 is 6.04 Å². The number of esters is 1. The highest BCUT2D eigenvalue weighted by Crippen LogP contribution is 2.25. The topological polar surface area (TPSA) is 75.7 Å². The maximum absolute atomic E-state index is 12.8. The molecule has 1 N–H and O–H groups in total. The molecule has 1 aliphatic heterocycles. The zero-order valence-electron chi connectivity index (χ0n) is 15.1. The van der Waals surface area contributed by atoms with E-state index in [4.69, 9.17) is 0 Å². The van der Waals surface area contributed by atoms with Crippen LogP contribution in [0.2, 0.25) is 0 Å². The molecule has 0 spiro atoms. The molecule has 1 aromatic rings. The summed E-state index contributed by atoms with van der Waals surface area (Å²) in [7, 11) is 1.31. The van der Waals surface area contributed by atoms with Crippen molar-refractivity contribution in [2.24, 2.45) is 5.92 Å². The first-order valence-electron chi connectivity index (χ1n) is 8.69.